The molecule has 0 bridgehead atoms. The summed E-state index contributed by atoms with van der Waals surface area (Å²) in [5.41, 5.74) is 0. The van der Waals surface area contributed by atoms with Crippen molar-refractivity contribution in [2.45, 2.75) is 63.7 Å². The van der Waals surface area contributed by atoms with Crippen LogP contribution in [0, 0.1) is 0 Å². The topological polar surface area (TPSA) is 90.9 Å². The van der Waals surface area contributed by atoms with Crippen molar-refractivity contribution in [3.05, 3.63) is 0 Å². The van der Waals surface area contributed by atoms with Crippen molar-refractivity contribution in [1.29, 1.82) is 0 Å². The predicted octanol–water partition coefficient (Wildman–Crippen LogP) is 1.53. The Morgan fingerprint density at radius 2 is 1.88 bits per heavy atom. The standard InChI is InChI=1S/C17H32N4O3S.HI/c1-4-18-16(21-10-11-25(23,24)17(2,3)13-21)19-12-15(22)20-14-8-6-5-7-9-14;/h14H,4-13H2,1-3H3,(H,18,19)(H,20,22);1H. The molecule has 0 aromatic rings. The second-order valence-electron chi connectivity index (χ2n) is 7.57. The van der Waals surface area contributed by atoms with Gasteiger partial charge in [0.25, 0.3) is 0 Å². The van der Waals surface area contributed by atoms with E-state index in [1.807, 2.05) is 11.8 Å². The molecular weight excluding hydrogens is 467 g/mol. The van der Waals surface area contributed by atoms with Gasteiger partial charge in [-0.1, -0.05) is 19.3 Å². The van der Waals surface area contributed by atoms with E-state index in [0.717, 1.165) is 12.8 Å². The lowest BCUT2D eigenvalue weighted by molar-refractivity contribution is -0.120. The van der Waals surface area contributed by atoms with Gasteiger partial charge in [0, 0.05) is 25.7 Å². The Morgan fingerprint density at radius 1 is 1.23 bits per heavy atom. The van der Waals surface area contributed by atoms with Crippen LogP contribution < -0.4 is 10.6 Å². The number of sulfone groups is 1. The fourth-order valence-corrected chi connectivity index (χ4v) is 4.78. The number of halogens is 1. The first-order valence-corrected chi connectivity index (χ1v) is 11.0. The monoisotopic (exact) mass is 500 g/mol. The maximum atomic E-state index is 12.2. The molecule has 152 valence electrons. The molecule has 0 aromatic heterocycles. The van der Waals surface area contributed by atoms with Crippen LogP contribution in [0.4, 0.5) is 0 Å². The number of carbonyl (C=O) groups is 1. The van der Waals surface area contributed by atoms with Gasteiger partial charge in [-0.15, -0.1) is 24.0 Å². The Hall–Kier alpha value is -0.580. The summed E-state index contributed by atoms with van der Waals surface area (Å²) < 4.78 is 23.5. The Balaban J connectivity index is 0.00000338. The van der Waals surface area contributed by atoms with Crippen LogP contribution in [0.2, 0.25) is 0 Å². The number of hydrogen-bond donors (Lipinski definition) is 2. The average molecular weight is 500 g/mol. The van der Waals surface area contributed by atoms with Gasteiger partial charge in [-0.25, -0.2) is 13.4 Å². The van der Waals surface area contributed by atoms with Gasteiger partial charge in [0.05, 0.1) is 10.5 Å². The van der Waals surface area contributed by atoms with Gasteiger partial charge in [-0.05, 0) is 33.6 Å². The Bertz CT molecular complexity index is 601. The van der Waals surface area contributed by atoms with Crippen molar-refractivity contribution in [3.8, 4) is 0 Å². The molecule has 0 unspecified atom stereocenters. The summed E-state index contributed by atoms with van der Waals surface area (Å²) in [5.74, 6) is 0.661. The van der Waals surface area contributed by atoms with Gasteiger partial charge >= 0.3 is 0 Å². The third kappa shape index (κ3) is 6.24. The van der Waals surface area contributed by atoms with Crippen LogP contribution in [0.5, 0.6) is 0 Å². The summed E-state index contributed by atoms with van der Waals surface area (Å²) in [5, 5.41) is 6.24. The van der Waals surface area contributed by atoms with Crippen LogP contribution >= 0.6 is 24.0 Å². The van der Waals surface area contributed by atoms with Crippen LogP contribution in [-0.4, -0.2) is 67.9 Å². The lowest BCUT2D eigenvalue weighted by Crippen LogP contribution is -2.57. The van der Waals surface area contributed by atoms with Crippen molar-refractivity contribution in [2.24, 2.45) is 4.99 Å². The summed E-state index contributed by atoms with van der Waals surface area (Å²) >= 11 is 0. The highest BCUT2D eigenvalue weighted by atomic mass is 127. The molecule has 0 atom stereocenters. The molecule has 1 aliphatic carbocycles. The molecule has 2 rings (SSSR count). The van der Waals surface area contributed by atoms with Gasteiger partial charge < -0.3 is 15.5 Å². The smallest absolute Gasteiger partial charge is 0.242 e. The minimum atomic E-state index is -3.10. The molecule has 2 aliphatic rings. The molecule has 9 heteroatoms. The Labute approximate surface area is 174 Å². The summed E-state index contributed by atoms with van der Waals surface area (Å²) in [6, 6.07) is 0.276. The van der Waals surface area contributed by atoms with Gasteiger partial charge in [0.15, 0.2) is 15.8 Å². The van der Waals surface area contributed by atoms with E-state index in [1.165, 1.54) is 19.3 Å². The maximum absolute atomic E-state index is 12.2. The largest absolute Gasteiger partial charge is 0.357 e. The second-order valence-corrected chi connectivity index (χ2v) is 10.3. The zero-order valence-electron chi connectivity index (χ0n) is 16.1. The third-order valence-corrected chi connectivity index (χ3v) is 7.55. The summed E-state index contributed by atoms with van der Waals surface area (Å²) in [7, 11) is -3.10. The molecule has 0 radical (unpaired) electrons. The zero-order chi connectivity index (χ0) is 18.5. The van der Waals surface area contributed by atoms with Crippen LogP contribution in [0.1, 0.15) is 52.9 Å². The van der Waals surface area contributed by atoms with E-state index in [2.05, 4.69) is 15.6 Å². The fourth-order valence-electron chi connectivity index (χ4n) is 3.42. The predicted molar refractivity (Wildman–Crippen MR) is 116 cm³/mol. The minimum absolute atomic E-state index is 0. The zero-order valence-corrected chi connectivity index (χ0v) is 19.2. The molecule has 2 fully saturated rings. The summed E-state index contributed by atoms with van der Waals surface area (Å²) in [6.45, 7) is 6.98. The van der Waals surface area contributed by atoms with Crippen molar-refractivity contribution >= 4 is 45.7 Å². The number of guanidine groups is 1. The molecule has 2 N–H and O–H groups in total. The quantitative estimate of drug-likeness (QED) is 0.347. The molecule has 1 heterocycles. The van der Waals surface area contributed by atoms with E-state index in [-0.39, 0.29) is 48.2 Å². The number of amides is 1. The van der Waals surface area contributed by atoms with Crippen molar-refractivity contribution in [3.63, 3.8) is 0 Å². The van der Waals surface area contributed by atoms with Crippen LogP contribution in [0.3, 0.4) is 0 Å². The lowest BCUT2D eigenvalue weighted by atomic mass is 9.95. The van der Waals surface area contributed by atoms with Crippen LogP contribution in [-0.2, 0) is 14.6 Å². The highest BCUT2D eigenvalue weighted by Crippen LogP contribution is 2.23. The van der Waals surface area contributed by atoms with Crippen molar-refractivity contribution in [1.82, 2.24) is 15.5 Å². The van der Waals surface area contributed by atoms with E-state index in [1.54, 1.807) is 13.8 Å². The Morgan fingerprint density at radius 3 is 2.46 bits per heavy atom. The fraction of sp³-hybridized carbons (Fsp3) is 0.882. The molecule has 1 aliphatic heterocycles. The van der Waals surface area contributed by atoms with E-state index in [4.69, 9.17) is 0 Å². The normalized spacial score (nSPS) is 23.0. The van der Waals surface area contributed by atoms with Crippen molar-refractivity contribution in [2.75, 3.05) is 31.9 Å². The minimum Gasteiger partial charge on any atom is -0.357 e. The molecule has 0 spiro atoms. The molecule has 7 nitrogen and oxygen atoms in total. The first-order chi connectivity index (χ1) is 11.7. The number of carbonyl (C=O) groups excluding carboxylic acids is 1. The maximum Gasteiger partial charge on any atom is 0.242 e. The summed E-state index contributed by atoms with van der Waals surface area (Å²) in [6.07, 6.45) is 5.70. The van der Waals surface area contributed by atoms with Crippen molar-refractivity contribution < 1.29 is 13.2 Å². The molecule has 26 heavy (non-hydrogen) atoms. The highest BCUT2D eigenvalue weighted by Gasteiger charge is 2.41. The number of rotatable bonds is 4. The number of hydrogen-bond acceptors (Lipinski definition) is 4. The first-order valence-electron chi connectivity index (χ1n) is 9.30. The Kier molecular flexibility index (Phi) is 9.11. The molecule has 1 saturated heterocycles. The SMILES string of the molecule is CCNC(=NCC(=O)NC1CCCCC1)N1CCS(=O)(=O)C(C)(C)C1.I. The van der Waals surface area contributed by atoms with Gasteiger partial charge in [-0.3, -0.25) is 4.79 Å². The van der Waals surface area contributed by atoms with E-state index < -0.39 is 14.6 Å². The molecule has 0 aromatic carbocycles. The van der Waals surface area contributed by atoms with Crippen LogP contribution in [0.15, 0.2) is 4.99 Å². The molecular formula is C17H33IN4O3S. The van der Waals surface area contributed by atoms with E-state index in [0.29, 0.717) is 25.6 Å². The number of nitrogens with zero attached hydrogens (tertiary/aromatic N) is 2. The van der Waals surface area contributed by atoms with Gasteiger partial charge in [0.2, 0.25) is 5.91 Å². The number of nitrogens with one attached hydrogen (secondary N) is 2. The molecule has 1 amide bonds. The average Bonchev–Trinajstić information content (AvgIpc) is 2.55. The molecule has 1 saturated carbocycles. The van der Waals surface area contributed by atoms with Gasteiger partial charge in [0.1, 0.15) is 6.54 Å². The van der Waals surface area contributed by atoms with E-state index in [9.17, 15) is 13.2 Å². The van der Waals surface area contributed by atoms with E-state index >= 15 is 0 Å². The first kappa shape index (κ1) is 23.5. The highest BCUT2D eigenvalue weighted by molar-refractivity contribution is 14.0. The second kappa shape index (κ2) is 10.1. The summed E-state index contributed by atoms with van der Waals surface area (Å²) in [4.78, 5) is 18.6. The number of aliphatic imine (C=N–C) groups is 1. The van der Waals surface area contributed by atoms with Gasteiger partial charge in [-0.2, -0.15) is 0 Å². The van der Waals surface area contributed by atoms with Crippen LogP contribution in [0.25, 0.3) is 0 Å². The lowest BCUT2D eigenvalue weighted by Gasteiger charge is -2.39. The third-order valence-electron chi connectivity index (χ3n) is 5.02.